The lowest BCUT2D eigenvalue weighted by atomic mass is 10.3. The third-order valence-electron chi connectivity index (χ3n) is 3.79. The largest absolute Gasteiger partial charge is 0.480 e. The number of nitrogens with one attached hydrogen (secondary N) is 1. The number of methoxy groups -OCH3 is 1. The summed E-state index contributed by atoms with van der Waals surface area (Å²) in [5.74, 6) is 2.19. The van der Waals surface area contributed by atoms with Crippen LogP contribution in [-0.4, -0.2) is 80.4 Å². The van der Waals surface area contributed by atoms with E-state index in [1.54, 1.807) is 13.3 Å². The summed E-state index contributed by atoms with van der Waals surface area (Å²) >= 11 is 3.38. The van der Waals surface area contributed by atoms with E-state index in [1.807, 2.05) is 6.92 Å². The molecule has 2 heterocycles. The summed E-state index contributed by atoms with van der Waals surface area (Å²) < 4.78 is 11.4. The van der Waals surface area contributed by atoms with Crippen LogP contribution in [-0.2, 0) is 4.74 Å². The molecule has 25 heavy (non-hydrogen) atoms. The number of aromatic nitrogens is 2. The van der Waals surface area contributed by atoms with Crippen molar-refractivity contribution in [2.45, 2.75) is 13.8 Å². The highest BCUT2D eigenvalue weighted by molar-refractivity contribution is 9.10. The van der Waals surface area contributed by atoms with Crippen LogP contribution in [0.2, 0.25) is 0 Å². The average Bonchev–Trinajstić information content (AvgIpc) is 2.65. The van der Waals surface area contributed by atoms with Crippen molar-refractivity contribution in [2.75, 3.05) is 64.5 Å². The Morgan fingerprint density at radius 3 is 2.72 bits per heavy atom. The van der Waals surface area contributed by atoms with Crippen LogP contribution >= 0.6 is 15.9 Å². The van der Waals surface area contributed by atoms with E-state index in [1.165, 1.54) is 0 Å². The number of rotatable bonds is 7. The second kappa shape index (κ2) is 10.4. The molecule has 0 radical (unpaired) electrons. The Hall–Kier alpha value is -1.61. The lowest BCUT2D eigenvalue weighted by Gasteiger charge is -2.36. The Kier molecular flexibility index (Phi) is 8.20. The first-order valence-corrected chi connectivity index (χ1v) is 9.41. The zero-order chi connectivity index (χ0) is 18.1. The first kappa shape index (κ1) is 19.7. The number of piperazine rings is 1. The topological polar surface area (TPSA) is 75.1 Å². The second-order valence-electron chi connectivity index (χ2n) is 5.43. The zero-order valence-electron chi connectivity index (χ0n) is 15.2. The number of ether oxygens (including phenoxy) is 2. The van der Waals surface area contributed by atoms with Crippen LogP contribution in [0.15, 0.2) is 15.7 Å². The van der Waals surface area contributed by atoms with Crippen molar-refractivity contribution in [3.05, 3.63) is 10.7 Å². The van der Waals surface area contributed by atoms with Gasteiger partial charge < -0.3 is 24.6 Å². The van der Waals surface area contributed by atoms with E-state index in [2.05, 4.69) is 52.9 Å². The SMILES string of the molecule is CCNC(=NCCOCC)N1CCN(c2ncc(Br)c(OC)n2)CC1. The maximum Gasteiger partial charge on any atom is 0.232 e. The van der Waals surface area contributed by atoms with Crippen LogP contribution in [0, 0.1) is 0 Å². The van der Waals surface area contributed by atoms with Crippen LogP contribution < -0.4 is 15.0 Å². The molecule has 0 unspecified atom stereocenters. The highest BCUT2D eigenvalue weighted by Gasteiger charge is 2.22. The maximum atomic E-state index is 5.36. The van der Waals surface area contributed by atoms with E-state index in [0.29, 0.717) is 25.0 Å². The molecule has 1 fully saturated rings. The number of aliphatic imine (C=N–C) groups is 1. The molecule has 1 aliphatic heterocycles. The van der Waals surface area contributed by atoms with Gasteiger partial charge in [0, 0.05) is 39.3 Å². The molecule has 1 N–H and O–H groups in total. The molecule has 9 heteroatoms. The van der Waals surface area contributed by atoms with Gasteiger partial charge in [0.15, 0.2) is 5.96 Å². The fourth-order valence-corrected chi connectivity index (χ4v) is 2.90. The summed E-state index contributed by atoms with van der Waals surface area (Å²) in [5, 5.41) is 3.35. The highest BCUT2D eigenvalue weighted by atomic mass is 79.9. The van der Waals surface area contributed by atoms with Gasteiger partial charge in [-0.25, -0.2) is 4.98 Å². The van der Waals surface area contributed by atoms with Gasteiger partial charge in [0.25, 0.3) is 0 Å². The number of hydrogen-bond acceptors (Lipinski definition) is 6. The summed E-state index contributed by atoms with van der Waals surface area (Å²) in [6.07, 6.45) is 1.73. The van der Waals surface area contributed by atoms with E-state index in [0.717, 1.165) is 49.8 Å². The van der Waals surface area contributed by atoms with Crippen molar-refractivity contribution < 1.29 is 9.47 Å². The number of anilines is 1. The standard InChI is InChI=1S/C16H27BrN6O2/c1-4-18-15(19-6-11-25-5-2)22-7-9-23(10-8-22)16-20-12-13(17)14(21-16)24-3/h12H,4-11H2,1-3H3,(H,18,19). The molecule has 0 aliphatic carbocycles. The maximum absolute atomic E-state index is 5.36. The first-order valence-electron chi connectivity index (χ1n) is 8.62. The van der Waals surface area contributed by atoms with Gasteiger partial charge in [-0.2, -0.15) is 4.98 Å². The predicted molar refractivity (Wildman–Crippen MR) is 103 cm³/mol. The summed E-state index contributed by atoms with van der Waals surface area (Å²) in [5.41, 5.74) is 0. The van der Waals surface area contributed by atoms with Crippen LogP contribution in [0.25, 0.3) is 0 Å². The van der Waals surface area contributed by atoms with E-state index < -0.39 is 0 Å². The zero-order valence-corrected chi connectivity index (χ0v) is 16.8. The number of nitrogens with zero attached hydrogens (tertiary/aromatic N) is 5. The van der Waals surface area contributed by atoms with Gasteiger partial charge in [0.1, 0.15) is 0 Å². The smallest absolute Gasteiger partial charge is 0.232 e. The van der Waals surface area contributed by atoms with Gasteiger partial charge in [0.2, 0.25) is 11.8 Å². The molecule has 0 bridgehead atoms. The fourth-order valence-electron chi connectivity index (χ4n) is 2.54. The summed E-state index contributed by atoms with van der Waals surface area (Å²) in [6.45, 7) is 10.4. The van der Waals surface area contributed by atoms with Crippen molar-refractivity contribution in [2.24, 2.45) is 4.99 Å². The van der Waals surface area contributed by atoms with Gasteiger partial charge in [0.05, 0.1) is 30.9 Å². The Balaban J connectivity index is 1.94. The van der Waals surface area contributed by atoms with Gasteiger partial charge in [-0.3, -0.25) is 4.99 Å². The minimum atomic E-state index is 0.554. The molecule has 0 atom stereocenters. The molecule has 1 aliphatic rings. The summed E-state index contributed by atoms with van der Waals surface area (Å²) in [6, 6.07) is 0. The average molecular weight is 415 g/mol. The molecule has 140 valence electrons. The van der Waals surface area contributed by atoms with Crippen molar-refractivity contribution >= 4 is 27.8 Å². The van der Waals surface area contributed by atoms with Crippen molar-refractivity contribution in [3.8, 4) is 5.88 Å². The predicted octanol–water partition coefficient (Wildman–Crippen LogP) is 1.37. The van der Waals surface area contributed by atoms with Crippen molar-refractivity contribution in [3.63, 3.8) is 0 Å². The van der Waals surface area contributed by atoms with E-state index in [9.17, 15) is 0 Å². The molecular formula is C16H27BrN6O2. The molecule has 8 nitrogen and oxygen atoms in total. The molecule has 0 amide bonds. The van der Waals surface area contributed by atoms with Gasteiger partial charge in [-0.1, -0.05) is 0 Å². The second-order valence-corrected chi connectivity index (χ2v) is 6.29. The van der Waals surface area contributed by atoms with Crippen LogP contribution in [0.3, 0.4) is 0 Å². The molecule has 1 aromatic heterocycles. The van der Waals surface area contributed by atoms with E-state index in [4.69, 9.17) is 9.47 Å². The quantitative estimate of drug-likeness (QED) is 0.410. The molecular weight excluding hydrogens is 388 g/mol. The van der Waals surface area contributed by atoms with E-state index >= 15 is 0 Å². The van der Waals surface area contributed by atoms with Crippen LogP contribution in [0.4, 0.5) is 5.95 Å². The summed E-state index contributed by atoms with van der Waals surface area (Å²) in [4.78, 5) is 17.9. The lowest BCUT2D eigenvalue weighted by Crippen LogP contribution is -2.53. The Morgan fingerprint density at radius 1 is 1.32 bits per heavy atom. The minimum absolute atomic E-state index is 0.554. The number of halogens is 1. The van der Waals surface area contributed by atoms with Crippen molar-refractivity contribution in [1.29, 1.82) is 0 Å². The van der Waals surface area contributed by atoms with E-state index in [-0.39, 0.29) is 0 Å². The van der Waals surface area contributed by atoms with Crippen LogP contribution in [0.5, 0.6) is 5.88 Å². The molecule has 1 saturated heterocycles. The lowest BCUT2D eigenvalue weighted by molar-refractivity contribution is 0.155. The number of hydrogen-bond donors (Lipinski definition) is 1. The third kappa shape index (κ3) is 5.71. The highest BCUT2D eigenvalue weighted by Crippen LogP contribution is 2.23. The first-order chi connectivity index (χ1) is 12.2. The molecule has 0 saturated carbocycles. The van der Waals surface area contributed by atoms with Gasteiger partial charge >= 0.3 is 0 Å². The molecule has 0 aromatic carbocycles. The normalized spacial score (nSPS) is 15.4. The molecule has 1 aromatic rings. The fraction of sp³-hybridized carbons (Fsp3) is 0.688. The monoisotopic (exact) mass is 414 g/mol. The third-order valence-corrected chi connectivity index (χ3v) is 4.33. The Labute approximate surface area is 157 Å². The summed E-state index contributed by atoms with van der Waals surface area (Å²) in [7, 11) is 1.61. The Morgan fingerprint density at radius 2 is 2.08 bits per heavy atom. The molecule has 2 rings (SSSR count). The Bertz CT molecular complexity index is 564. The van der Waals surface area contributed by atoms with Crippen LogP contribution in [0.1, 0.15) is 13.8 Å². The van der Waals surface area contributed by atoms with Crippen molar-refractivity contribution in [1.82, 2.24) is 20.2 Å². The minimum Gasteiger partial charge on any atom is -0.480 e. The number of guanidine groups is 1. The molecule has 0 spiro atoms. The van der Waals surface area contributed by atoms with Gasteiger partial charge in [-0.15, -0.1) is 0 Å². The van der Waals surface area contributed by atoms with Gasteiger partial charge in [-0.05, 0) is 29.8 Å².